The third-order valence-electron chi connectivity index (χ3n) is 2.29. The smallest absolute Gasteiger partial charge is 0.0743 e. The standard InChI is InChI=1S/C7H16N2O/c1-5-3-7(9,4-8)6(2)10-5/h5-6H,3-4,8-9H2,1-2H3. The molecule has 1 rings (SSSR count). The molecule has 1 fully saturated rings. The first-order chi connectivity index (χ1) is 4.58. The van der Waals surface area contributed by atoms with Crippen molar-refractivity contribution < 1.29 is 4.74 Å². The molecule has 10 heavy (non-hydrogen) atoms. The van der Waals surface area contributed by atoms with Gasteiger partial charge in [-0.1, -0.05) is 0 Å². The summed E-state index contributed by atoms with van der Waals surface area (Å²) in [5, 5.41) is 0. The molecule has 0 spiro atoms. The Kier molecular flexibility index (Phi) is 1.99. The average Bonchev–Trinajstić information content (AvgIpc) is 2.09. The zero-order valence-electron chi connectivity index (χ0n) is 6.63. The van der Waals surface area contributed by atoms with Crippen molar-refractivity contribution in [1.29, 1.82) is 0 Å². The van der Waals surface area contributed by atoms with E-state index in [1.165, 1.54) is 0 Å². The first-order valence-corrected chi connectivity index (χ1v) is 3.73. The molecule has 0 aromatic rings. The van der Waals surface area contributed by atoms with E-state index >= 15 is 0 Å². The van der Waals surface area contributed by atoms with E-state index in [2.05, 4.69) is 0 Å². The van der Waals surface area contributed by atoms with E-state index in [-0.39, 0.29) is 17.7 Å². The molecule has 0 bridgehead atoms. The molecule has 3 unspecified atom stereocenters. The second-order valence-electron chi connectivity index (χ2n) is 3.23. The molecule has 1 saturated heterocycles. The highest BCUT2D eigenvalue weighted by atomic mass is 16.5. The molecule has 1 aliphatic rings. The van der Waals surface area contributed by atoms with Crippen LogP contribution >= 0.6 is 0 Å². The summed E-state index contributed by atoms with van der Waals surface area (Å²) in [4.78, 5) is 0. The lowest BCUT2D eigenvalue weighted by Gasteiger charge is -2.24. The predicted molar refractivity (Wildman–Crippen MR) is 40.6 cm³/mol. The van der Waals surface area contributed by atoms with Crippen molar-refractivity contribution in [3.05, 3.63) is 0 Å². The normalized spacial score (nSPS) is 48.0. The Morgan fingerprint density at radius 3 is 2.40 bits per heavy atom. The second-order valence-corrected chi connectivity index (χ2v) is 3.23. The fraction of sp³-hybridized carbons (Fsp3) is 1.00. The van der Waals surface area contributed by atoms with Gasteiger partial charge in [0, 0.05) is 6.54 Å². The fourth-order valence-corrected chi connectivity index (χ4v) is 1.48. The van der Waals surface area contributed by atoms with E-state index in [4.69, 9.17) is 16.2 Å². The van der Waals surface area contributed by atoms with E-state index < -0.39 is 0 Å². The van der Waals surface area contributed by atoms with Crippen molar-refractivity contribution in [3.63, 3.8) is 0 Å². The summed E-state index contributed by atoms with van der Waals surface area (Å²) in [5.74, 6) is 0. The Labute approximate surface area is 61.7 Å². The summed E-state index contributed by atoms with van der Waals surface area (Å²) in [7, 11) is 0. The number of hydrogen-bond donors (Lipinski definition) is 2. The van der Waals surface area contributed by atoms with Crippen molar-refractivity contribution >= 4 is 0 Å². The van der Waals surface area contributed by atoms with Crippen LogP contribution in [0.15, 0.2) is 0 Å². The van der Waals surface area contributed by atoms with Crippen LogP contribution in [0.25, 0.3) is 0 Å². The van der Waals surface area contributed by atoms with Gasteiger partial charge < -0.3 is 16.2 Å². The summed E-state index contributed by atoms with van der Waals surface area (Å²) in [6.07, 6.45) is 1.25. The van der Waals surface area contributed by atoms with Gasteiger partial charge in [0.25, 0.3) is 0 Å². The van der Waals surface area contributed by atoms with E-state index in [0.717, 1.165) is 6.42 Å². The highest BCUT2D eigenvalue weighted by Gasteiger charge is 2.40. The van der Waals surface area contributed by atoms with Crippen molar-refractivity contribution in [2.45, 2.75) is 38.0 Å². The number of nitrogens with two attached hydrogens (primary N) is 2. The lowest BCUT2D eigenvalue weighted by Crippen LogP contribution is -2.52. The minimum atomic E-state index is -0.278. The van der Waals surface area contributed by atoms with Gasteiger partial charge in [0.1, 0.15) is 0 Å². The van der Waals surface area contributed by atoms with Gasteiger partial charge in [-0.2, -0.15) is 0 Å². The van der Waals surface area contributed by atoms with Crippen LogP contribution in [-0.2, 0) is 4.74 Å². The Morgan fingerprint density at radius 1 is 1.60 bits per heavy atom. The summed E-state index contributed by atoms with van der Waals surface area (Å²) < 4.78 is 5.46. The molecule has 0 aliphatic carbocycles. The van der Waals surface area contributed by atoms with Crippen LogP contribution in [0.5, 0.6) is 0 Å². The zero-order chi connectivity index (χ0) is 7.78. The second kappa shape index (κ2) is 2.49. The maximum Gasteiger partial charge on any atom is 0.0743 e. The SMILES string of the molecule is CC1CC(N)(CN)C(C)O1. The fourth-order valence-electron chi connectivity index (χ4n) is 1.48. The van der Waals surface area contributed by atoms with Crippen molar-refractivity contribution in [1.82, 2.24) is 0 Å². The van der Waals surface area contributed by atoms with Crippen LogP contribution in [0.3, 0.4) is 0 Å². The first-order valence-electron chi connectivity index (χ1n) is 3.73. The van der Waals surface area contributed by atoms with Gasteiger partial charge in [-0.05, 0) is 20.3 Å². The van der Waals surface area contributed by atoms with Crippen LogP contribution in [0, 0.1) is 0 Å². The average molecular weight is 144 g/mol. The van der Waals surface area contributed by atoms with Crippen molar-refractivity contribution in [2.75, 3.05) is 6.54 Å². The third-order valence-corrected chi connectivity index (χ3v) is 2.29. The molecule has 4 N–H and O–H groups in total. The molecule has 0 saturated carbocycles. The van der Waals surface area contributed by atoms with E-state index in [1.54, 1.807) is 0 Å². The van der Waals surface area contributed by atoms with Gasteiger partial charge in [0.15, 0.2) is 0 Å². The van der Waals surface area contributed by atoms with E-state index in [9.17, 15) is 0 Å². The molecule has 0 aromatic heterocycles. The quantitative estimate of drug-likeness (QED) is 0.537. The summed E-state index contributed by atoms with van der Waals surface area (Å²) in [6.45, 7) is 4.52. The Hall–Kier alpha value is -0.120. The Bertz CT molecular complexity index is 129. The molecule has 0 radical (unpaired) electrons. The van der Waals surface area contributed by atoms with Gasteiger partial charge in [-0.25, -0.2) is 0 Å². The van der Waals surface area contributed by atoms with Crippen LogP contribution in [-0.4, -0.2) is 24.3 Å². The minimum absolute atomic E-state index is 0.104. The molecule has 1 aliphatic heterocycles. The topological polar surface area (TPSA) is 61.3 Å². The molecule has 3 heteroatoms. The van der Waals surface area contributed by atoms with Crippen molar-refractivity contribution in [2.24, 2.45) is 11.5 Å². The van der Waals surface area contributed by atoms with Gasteiger partial charge in [-0.15, -0.1) is 0 Å². The van der Waals surface area contributed by atoms with Crippen LogP contribution in [0.1, 0.15) is 20.3 Å². The monoisotopic (exact) mass is 144 g/mol. The number of hydrogen-bond acceptors (Lipinski definition) is 3. The van der Waals surface area contributed by atoms with Crippen LogP contribution in [0.4, 0.5) is 0 Å². The molecular formula is C7H16N2O. The summed E-state index contributed by atoms with van der Waals surface area (Å²) in [5.41, 5.74) is 11.2. The highest BCUT2D eigenvalue weighted by molar-refractivity contribution is 4.97. The largest absolute Gasteiger partial charge is 0.374 e. The van der Waals surface area contributed by atoms with Gasteiger partial charge in [-0.3, -0.25) is 0 Å². The number of rotatable bonds is 1. The molecule has 3 atom stereocenters. The van der Waals surface area contributed by atoms with Gasteiger partial charge >= 0.3 is 0 Å². The van der Waals surface area contributed by atoms with Crippen molar-refractivity contribution in [3.8, 4) is 0 Å². The molecule has 1 heterocycles. The zero-order valence-corrected chi connectivity index (χ0v) is 6.63. The maximum atomic E-state index is 5.94. The van der Waals surface area contributed by atoms with Gasteiger partial charge in [0.2, 0.25) is 0 Å². The van der Waals surface area contributed by atoms with E-state index in [1.807, 2.05) is 13.8 Å². The first kappa shape index (κ1) is 7.98. The molecule has 0 amide bonds. The lowest BCUT2D eigenvalue weighted by atomic mass is 9.92. The number of ether oxygens (including phenoxy) is 1. The molecule has 60 valence electrons. The predicted octanol–water partition coefficient (Wildman–Crippen LogP) is -0.160. The third kappa shape index (κ3) is 1.17. The maximum absolute atomic E-state index is 5.94. The van der Waals surface area contributed by atoms with Crippen LogP contribution < -0.4 is 11.5 Å². The summed E-state index contributed by atoms with van der Waals surface area (Å²) in [6, 6.07) is 0. The van der Waals surface area contributed by atoms with Gasteiger partial charge in [0.05, 0.1) is 17.7 Å². The Balaban J connectivity index is 2.61. The van der Waals surface area contributed by atoms with Crippen LogP contribution in [0.2, 0.25) is 0 Å². The molecule has 0 aromatic carbocycles. The Morgan fingerprint density at radius 2 is 2.20 bits per heavy atom. The summed E-state index contributed by atoms with van der Waals surface area (Å²) >= 11 is 0. The minimum Gasteiger partial charge on any atom is -0.374 e. The van der Waals surface area contributed by atoms with E-state index in [0.29, 0.717) is 6.54 Å². The molecular weight excluding hydrogens is 128 g/mol. The highest BCUT2D eigenvalue weighted by Crippen LogP contribution is 2.26. The lowest BCUT2D eigenvalue weighted by molar-refractivity contribution is 0.0517. The molecule has 3 nitrogen and oxygen atoms in total.